The second-order valence-electron chi connectivity index (χ2n) is 4.51. The molecule has 1 fully saturated rings. The van der Waals surface area contributed by atoms with Crippen LogP contribution in [-0.2, 0) is 14.3 Å². The van der Waals surface area contributed by atoms with Crippen molar-refractivity contribution in [2.75, 3.05) is 6.61 Å². The van der Waals surface area contributed by atoms with Crippen LogP contribution in [0.25, 0.3) is 0 Å². The van der Waals surface area contributed by atoms with Crippen LogP contribution in [0.2, 0.25) is 0 Å². The molecule has 0 amide bonds. The Labute approximate surface area is 77.8 Å². The Morgan fingerprint density at radius 2 is 1.92 bits per heavy atom. The third kappa shape index (κ3) is 2.19. The molecule has 0 unspecified atom stereocenters. The van der Waals surface area contributed by atoms with Gasteiger partial charge in [0.2, 0.25) is 0 Å². The Balaban J connectivity index is 2.82. The fraction of sp³-hybridized carbons (Fsp3) is 0.889. The molecule has 4 nitrogen and oxygen atoms in total. The van der Waals surface area contributed by atoms with Gasteiger partial charge in [-0.3, -0.25) is 0 Å². The standard InChI is InChI=1S/C9H16O4/c1-8(2)5-12-9(3,4)13-6(8)7(10)11/h6H,5H2,1-4H3,(H,10,11)/t6-/m1/s1. The lowest BCUT2D eigenvalue weighted by Crippen LogP contribution is -2.53. The number of carbonyl (C=O) groups is 1. The summed E-state index contributed by atoms with van der Waals surface area (Å²) in [5.74, 6) is -1.72. The van der Waals surface area contributed by atoms with Crippen LogP contribution >= 0.6 is 0 Å². The van der Waals surface area contributed by atoms with E-state index in [2.05, 4.69) is 0 Å². The molecule has 0 saturated carbocycles. The highest BCUT2D eigenvalue weighted by Crippen LogP contribution is 2.34. The summed E-state index contributed by atoms with van der Waals surface area (Å²) in [5.41, 5.74) is -0.471. The Hall–Kier alpha value is -0.610. The summed E-state index contributed by atoms with van der Waals surface area (Å²) < 4.78 is 10.7. The van der Waals surface area contributed by atoms with E-state index in [1.807, 2.05) is 13.8 Å². The molecule has 0 radical (unpaired) electrons. The van der Waals surface area contributed by atoms with Gasteiger partial charge in [-0.15, -0.1) is 0 Å². The lowest BCUT2D eigenvalue weighted by Gasteiger charge is -2.43. The highest BCUT2D eigenvalue weighted by atomic mass is 16.7. The van der Waals surface area contributed by atoms with Crippen LogP contribution in [0.4, 0.5) is 0 Å². The van der Waals surface area contributed by atoms with Crippen molar-refractivity contribution in [1.29, 1.82) is 0 Å². The molecule has 1 rings (SSSR count). The van der Waals surface area contributed by atoms with Crippen molar-refractivity contribution in [3.05, 3.63) is 0 Å². The van der Waals surface area contributed by atoms with Gasteiger partial charge in [0.25, 0.3) is 0 Å². The summed E-state index contributed by atoms with van der Waals surface area (Å²) in [7, 11) is 0. The first-order valence-corrected chi connectivity index (χ1v) is 4.29. The summed E-state index contributed by atoms with van der Waals surface area (Å²) in [4.78, 5) is 10.9. The number of aliphatic carboxylic acids is 1. The van der Waals surface area contributed by atoms with Gasteiger partial charge in [-0.25, -0.2) is 4.79 Å². The minimum atomic E-state index is -0.929. The predicted octanol–water partition coefficient (Wildman–Crippen LogP) is 1.25. The molecule has 0 spiro atoms. The SMILES string of the molecule is CC1(C)OCC(C)(C)[C@@H](C(=O)O)O1. The van der Waals surface area contributed by atoms with Crippen LogP contribution in [-0.4, -0.2) is 29.6 Å². The van der Waals surface area contributed by atoms with Crippen molar-refractivity contribution in [3.8, 4) is 0 Å². The fourth-order valence-electron chi connectivity index (χ4n) is 1.30. The predicted molar refractivity (Wildman–Crippen MR) is 46.3 cm³/mol. The van der Waals surface area contributed by atoms with Gasteiger partial charge in [0.1, 0.15) is 0 Å². The van der Waals surface area contributed by atoms with Crippen LogP contribution in [0.3, 0.4) is 0 Å². The lowest BCUT2D eigenvalue weighted by molar-refractivity contribution is -0.307. The lowest BCUT2D eigenvalue weighted by atomic mass is 9.86. The molecule has 4 heteroatoms. The van der Waals surface area contributed by atoms with Crippen molar-refractivity contribution in [2.24, 2.45) is 5.41 Å². The van der Waals surface area contributed by atoms with Gasteiger partial charge in [-0.1, -0.05) is 13.8 Å². The highest BCUT2D eigenvalue weighted by Gasteiger charge is 2.45. The van der Waals surface area contributed by atoms with Gasteiger partial charge < -0.3 is 14.6 Å². The highest BCUT2D eigenvalue weighted by molar-refractivity contribution is 5.73. The van der Waals surface area contributed by atoms with Crippen molar-refractivity contribution in [2.45, 2.75) is 39.6 Å². The average Bonchev–Trinajstić information content (AvgIpc) is 1.95. The molecule has 1 aliphatic heterocycles. The van der Waals surface area contributed by atoms with Gasteiger partial charge in [0.15, 0.2) is 11.9 Å². The first-order chi connectivity index (χ1) is 5.75. The number of carboxylic acids is 1. The minimum Gasteiger partial charge on any atom is -0.479 e. The smallest absolute Gasteiger partial charge is 0.333 e. The number of hydrogen-bond acceptors (Lipinski definition) is 3. The van der Waals surface area contributed by atoms with E-state index in [4.69, 9.17) is 14.6 Å². The molecule has 1 N–H and O–H groups in total. The molecule has 0 aromatic carbocycles. The second kappa shape index (κ2) is 2.96. The summed E-state index contributed by atoms with van der Waals surface area (Å²) in [6, 6.07) is 0. The molecule has 0 aromatic heterocycles. The average molecular weight is 188 g/mol. The summed E-state index contributed by atoms with van der Waals surface area (Å²) in [6.45, 7) is 7.48. The molecule has 0 aliphatic carbocycles. The fourth-order valence-corrected chi connectivity index (χ4v) is 1.30. The van der Waals surface area contributed by atoms with Crippen LogP contribution in [0.5, 0.6) is 0 Å². The molecule has 0 bridgehead atoms. The van der Waals surface area contributed by atoms with Crippen LogP contribution in [0.1, 0.15) is 27.7 Å². The van der Waals surface area contributed by atoms with Gasteiger partial charge >= 0.3 is 5.97 Å². The largest absolute Gasteiger partial charge is 0.479 e. The van der Waals surface area contributed by atoms with Gasteiger partial charge in [0, 0.05) is 5.41 Å². The maximum atomic E-state index is 10.9. The monoisotopic (exact) mass is 188 g/mol. The molecule has 0 aromatic rings. The van der Waals surface area contributed by atoms with E-state index in [1.54, 1.807) is 13.8 Å². The third-order valence-corrected chi connectivity index (χ3v) is 2.13. The van der Waals surface area contributed by atoms with Gasteiger partial charge in [0.05, 0.1) is 6.61 Å². The molecule has 76 valence electrons. The van der Waals surface area contributed by atoms with Crippen LogP contribution < -0.4 is 0 Å². The molecular weight excluding hydrogens is 172 g/mol. The molecule has 1 aliphatic rings. The van der Waals surface area contributed by atoms with Crippen molar-refractivity contribution < 1.29 is 19.4 Å². The van der Waals surface area contributed by atoms with Gasteiger partial charge in [-0.05, 0) is 13.8 Å². The number of ether oxygens (including phenoxy) is 2. The summed E-state index contributed by atoms with van der Waals surface area (Å²) >= 11 is 0. The number of rotatable bonds is 1. The quantitative estimate of drug-likeness (QED) is 0.672. The van der Waals surface area contributed by atoms with E-state index in [1.165, 1.54) is 0 Å². The van der Waals surface area contributed by atoms with E-state index in [9.17, 15) is 4.79 Å². The van der Waals surface area contributed by atoms with Crippen molar-refractivity contribution in [3.63, 3.8) is 0 Å². The van der Waals surface area contributed by atoms with Gasteiger partial charge in [-0.2, -0.15) is 0 Å². The van der Waals surface area contributed by atoms with E-state index < -0.39 is 23.3 Å². The van der Waals surface area contributed by atoms with Crippen molar-refractivity contribution in [1.82, 2.24) is 0 Å². The summed E-state index contributed by atoms with van der Waals surface area (Å²) in [6.07, 6.45) is -0.795. The van der Waals surface area contributed by atoms with E-state index >= 15 is 0 Å². The summed E-state index contributed by atoms with van der Waals surface area (Å²) in [5, 5.41) is 8.93. The third-order valence-electron chi connectivity index (χ3n) is 2.13. The molecule has 1 atom stereocenters. The maximum absolute atomic E-state index is 10.9. The Kier molecular flexibility index (Phi) is 2.38. The Morgan fingerprint density at radius 1 is 1.38 bits per heavy atom. The maximum Gasteiger partial charge on any atom is 0.333 e. The number of hydrogen-bond donors (Lipinski definition) is 1. The Morgan fingerprint density at radius 3 is 2.31 bits per heavy atom. The van der Waals surface area contributed by atoms with E-state index in [0.29, 0.717) is 6.61 Å². The molecule has 13 heavy (non-hydrogen) atoms. The number of carboxylic acid groups (broad SMARTS) is 1. The van der Waals surface area contributed by atoms with E-state index in [0.717, 1.165) is 0 Å². The molecule has 1 saturated heterocycles. The van der Waals surface area contributed by atoms with Crippen LogP contribution in [0.15, 0.2) is 0 Å². The Bertz CT molecular complexity index is 220. The minimum absolute atomic E-state index is 0.400. The zero-order chi connectivity index (χ0) is 10.3. The molecule has 1 heterocycles. The molecular formula is C9H16O4. The first-order valence-electron chi connectivity index (χ1n) is 4.29. The van der Waals surface area contributed by atoms with E-state index in [-0.39, 0.29) is 0 Å². The normalized spacial score (nSPS) is 31.2. The topological polar surface area (TPSA) is 55.8 Å². The zero-order valence-electron chi connectivity index (χ0n) is 8.46. The second-order valence-corrected chi connectivity index (χ2v) is 4.51. The van der Waals surface area contributed by atoms with Crippen LogP contribution in [0, 0.1) is 5.41 Å². The zero-order valence-corrected chi connectivity index (χ0v) is 8.46. The van der Waals surface area contributed by atoms with Crippen molar-refractivity contribution >= 4 is 5.97 Å². The first kappa shape index (κ1) is 10.5.